The molecule has 0 saturated heterocycles. The summed E-state index contributed by atoms with van der Waals surface area (Å²) >= 11 is 0. The molecule has 1 atom stereocenters. The third-order valence-electron chi connectivity index (χ3n) is 5.85. The van der Waals surface area contributed by atoms with Crippen LogP contribution in [0, 0.1) is 18.7 Å². The summed E-state index contributed by atoms with van der Waals surface area (Å²) in [5.74, 6) is -0.969. The van der Waals surface area contributed by atoms with Crippen molar-refractivity contribution < 1.29 is 22.4 Å². The summed E-state index contributed by atoms with van der Waals surface area (Å²) in [6, 6.07) is 8.84. The van der Waals surface area contributed by atoms with E-state index in [1.165, 1.54) is 24.3 Å². The highest BCUT2D eigenvalue weighted by Crippen LogP contribution is 2.39. The van der Waals surface area contributed by atoms with Crippen LogP contribution in [-0.2, 0) is 25.8 Å². The number of nitrogens with zero attached hydrogens (tertiary/aromatic N) is 1. The second-order valence-corrected chi connectivity index (χ2v) is 10.5. The molecule has 0 bridgehead atoms. The summed E-state index contributed by atoms with van der Waals surface area (Å²) in [4.78, 5) is 26.8. The highest BCUT2D eigenvalue weighted by molar-refractivity contribution is 7.91. The van der Waals surface area contributed by atoms with Crippen LogP contribution < -0.4 is 10.2 Å². The molecule has 2 aliphatic rings. The molecule has 31 heavy (non-hydrogen) atoms. The molecule has 1 aliphatic heterocycles. The molecule has 1 N–H and O–H groups in total. The maximum absolute atomic E-state index is 13.2. The molecule has 0 radical (unpaired) electrons. The van der Waals surface area contributed by atoms with Gasteiger partial charge in [0.2, 0.25) is 11.8 Å². The van der Waals surface area contributed by atoms with E-state index in [4.69, 9.17) is 0 Å². The monoisotopic (exact) mass is 444 g/mol. The zero-order valence-electron chi connectivity index (χ0n) is 17.5. The Kier molecular flexibility index (Phi) is 5.60. The lowest BCUT2D eigenvalue weighted by Crippen LogP contribution is -2.36. The number of fused-ring (bicyclic) bond motifs is 1. The topological polar surface area (TPSA) is 83.6 Å². The van der Waals surface area contributed by atoms with Crippen molar-refractivity contribution >= 4 is 33.0 Å². The first-order valence-corrected chi connectivity index (χ1v) is 12.1. The smallest absolute Gasteiger partial charge is 0.230 e. The quantitative estimate of drug-likeness (QED) is 0.738. The first kappa shape index (κ1) is 21.5. The summed E-state index contributed by atoms with van der Waals surface area (Å²) in [6.07, 6.45) is 2.24. The van der Waals surface area contributed by atoms with E-state index in [9.17, 15) is 22.4 Å². The highest BCUT2D eigenvalue weighted by atomic mass is 32.2. The molecule has 4 rings (SSSR count). The molecule has 1 aliphatic carbocycles. The minimum absolute atomic E-state index is 0.00535. The van der Waals surface area contributed by atoms with Gasteiger partial charge in [-0.2, -0.15) is 0 Å². The first-order chi connectivity index (χ1) is 14.7. The SMILES string of the molecule is Cc1cc(F)ccc1NC(=O)CCS(=O)(=O)c1ccc2c(c1)C[C@H](C)N2C(=O)C1CC1. The Labute approximate surface area is 181 Å². The van der Waals surface area contributed by atoms with E-state index in [0.29, 0.717) is 17.7 Å². The van der Waals surface area contributed by atoms with Crippen LogP contribution in [0.3, 0.4) is 0 Å². The van der Waals surface area contributed by atoms with Gasteiger partial charge in [-0.1, -0.05) is 0 Å². The van der Waals surface area contributed by atoms with Gasteiger partial charge < -0.3 is 10.2 Å². The van der Waals surface area contributed by atoms with Crippen LogP contribution in [0.1, 0.15) is 37.3 Å². The largest absolute Gasteiger partial charge is 0.326 e. The lowest BCUT2D eigenvalue weighted by atomic mass is 10.1. The normalized spacial score (nSPS) is 18.0. The fraction of sp³-hybridized carbons (Fsp3) is 0.391. The van der Waals surface area contributed by atoms with Gasteiger partial charge in [0.1, 0.15) is 5.82 Å². The Balaban J connectivity index is 1.44. The zero-order valence-corrected chi connectivity index (χ0v) is 18.3. The summed E-state index contributed by atoms with van der Waals surface area (Å²) in [7, 11) is -3.67. The minimum atomic E-state index is -3.67. The van der Waals surface area contributed by atoms with Crippen LogP contribution in [0.4, 0.5) is 15.8 Å². The van der Waals surface area contributed by atoms with E-state index in [0.717, 1.165) is 24.1 Å². The first-order valence-electron chi connectivity index (χ1n) is 10.4. The number of anilines is 2. The Morgan fingerprint density at radius 3 is 2.58 bits per heavy atom. The molecular formula is C23H25FN2O4S. The fourth-order valence-electron chi connectivity index (χ4n) is 3.99. The van der Waals surface area contributed by atoms with Crippen LogP contribution >= 0.6 is 0 Å². The minimum Gasteiger partial charge on any atom is -0.326 e. The molecule has 0 spiro atoms. The number of amides is 2. The van der Waals surface area contributed by atoms with E-state index in [1.807, 2.05) is 6.92 Å². The molecule has 0 unspecified atom stereocenters. The van der Waals surface area contributed by atoms with E-state index >= 15 is 0 Å². The summed E-state index contributed by atoms with van der Waals surface area (Å²) in [5.41, 5.74) is 2.65. The van der Waals surface area contributed by atoms with Crippen molar-refractivity contribution in [2.75, 3.05) is 16.0 Å². The van der Waals surface area contributed by atoms with Crippen LogP contribution in [0.5, 0.6) is 0 Å². The van der Waals surface area contributed by atoms with Gasteiger partial charge in [0.25, 0.3) is 0 Å². The summed E-state index contributed by atoms with van der Waals surface area (Å²) in [6.45, 7) is 3.63. The second-order valence-electron chi connectivity index (χ2n) is 8.40. The zero-order chi connectivity index (χ0) is 22.3. The molecule has 1 heterocycles. The predicted molar refractivity (Wildman–Crippen MR) is 116 cm³/mol. The third-order valence-corrected chi connectivity index (χ3v) is 7.56. The molecule has 1 fully saturated rings. The molecule has 2 aromatic rings. The molecule has 1 saturated carbocycles. The summed E-state index contributed by atoms with van der Waals surface area (Å²) < 4.78 is 38.8. The average molecular weight is 445 g/mol. The van der Waals surface area contributed by atoms with E-state index < -0.39 is 21.6 Å². The van der Waals surface area contributed by atoms with Gasteiger partial charge in [0.05, 0.1) is 10.6 Å². The van der Waals surface area contributed by atoms with Crippen molar-refractivity contribution in [3.63, 3.8) is 0 Å². The number of halogens is 1. The van der Waals surface area contributed by atoms with Crippen molar-refractivity contribution in [1.82, 2.24) is 0 Å². The van der Waals surface area contributed by atoms with E-state index in [1.54, 1.807) is 24.0 Å². The van der Waals surface area contributed by atoms with Crippen LogP contribution in [0.25, 0.3) is 0 Å². The van der Waals surface area contributed by atoms with E-state index in [-0.39, 0.29) is 34.9 Å². The van der Waals surface area contributed by atoms with Crippen LogP contribution in [-0.4, -0.2) is 32.0 Å². The van der Waals surface area contributed by atoms with Gasteiger partial charge in [0.15, 0.2) is 9.84 Å². The lowest BCUT2D eigenvalue weighted by Gasteiger charge is -2.22. The number of benzene rings is 2. The molecule has 164 valence electrons. The second kappa shape index (κ2) is 8.07. The number of rotatable bonds is 6. The van der Waals surface area contributed by atoms with Crippen molar-refractivity contribution in [3.8, 4) is 0 Å². The Bertz CT molecular complexity index is 1160. The maximum atomic E-state index is 13.2. The number of hydrogen-bond acceptors (Lipinski definition) is 4. The van der Waals surface area contributed by atoms with Crippen LogP contribution in [0.2, 0.25) is 0 Å². The van der Waals surface area contributed by atoms with Gasteiger partial charge in [-0.3, -0.25) is 9.59 Å². The molecular weight excluding hydrogens is 419 g/mol. The predicted octanol–water partition coefficient (Wildman–Crippen LogP) is 3.62. The van der Waals surface area contributed by atoms with Crippen molar-refractivity contribution in [3.05, 3.63) is 53.3 Å². The van der Waals surface area contributed by atoms with Crippen LogP contribution in [0.15, 0.2) is 41.3 Å². The van der Waals surface area contributed by atoms with Crippen molar-refractivity contribution in [2.45, 2.75) is 50.5 Å². The van der Waals surface area contributed by atoms with Gasteiger partial charge in [0, 0.05) is 29.8 Å². The van der Waals surface area contributed by atoms with Crippen molar-refractivity contribution in [1.29, 1.82) is 0 Å². The number of nitrogens with one attached hydrogen (secondary N) is 1. The third kappa shape index (κ3) is 4.49. The highest BCUT2D eigenvalue weighted by Gasteiger charge is 2.39. The molecule has 0 aromatic heterocycles. The fourth-order valence-corrected chi connectivity index (χ4v) is 5.28. The lowest BCUT2D eigenvalue weighted by molar-refractivity contribution is -0.120. The summed E-state index contributed by atoms with van der Waals surface area (Å²) in [5, 5.41) is 2.63. The van der Waals surface area contributed by atoms with Gasteiger partial charge in [-0.25, -0.2) is 12.8 Å². The standard InChI is InChI=1S/C23H25FN2O4S/c1-14-11-18(24)5-7-20(14)25-22(27)9-10-31(29,30)19-6-8-21-17(13-19)12-15(2)26(21)23(28)16-3-4-16/h5-8,11,13,15-16H,3-4,9-10,12H2,1-2H3,(H,25,27)/t15-/m0/s1. The maximum Gasteiger partial charge on any atom is 0.230 e. The van der Waals surface area contributed by atoms with E-state index in [2.05, 4.69) is 5.32 Å². The number of aryl methyl sites for hydroxylation is 1. The number of sulfone groups is 1. The Morgan fingerprint density at radius 1 is 1.16 bits per heavy atom. The average Bonchev–Trinajstić information content (AvgIpc) is 3.50. The van der Waals surface area contributed by atoms with Gasteiger partial charge >= 0.3 is 0 Å². The number of carbonyl (C=O) groups is 2. The Morgan fingerprint density at radius 2 is 1.90 bits per heavy atom. The molecule has 2 aromatic carbocycles. The molecule has 2 amide bonds. The number of hydrogen-bond donors (Lipinski definition) is 1. The molecule has 8 heteroatoms. The molecule has 6 nitrogen and oxygen atoms in total. The van der Waals surface area contributed by atoms with Gasteiger partial charge in [-0.05, 0) is 80.6 Å². The Hall–Kier alpha value is -2.74. The van der Waals surface area contributed by atoms with Gasteiger partial charge in [-0.15, -0.1) is 0 Å². The number of carbonyl (C=O) groups excluding carboxylic acids is 2. The van der Waals surface area contributed by atoms with Crippen molar-refractivity contribution in [2.24, 2.45) is 5.92 Å².